The first-order valence-electron chi connectivity index (χ1n) is 10.7. The second kappa shape index (κ2) is 9.67. The molecular formula is C24H29N5O. The zero-order valence-corrected chi connectivity index (χ0v) is 17.5. The predicted octanol–water partition coefficient (Wildman–Crippen LogP) is 3.28. The van der Waals surface area contributed by atoms with Crippen LogP contribution in [0.1, 0.15) is 47.1 Å². The molecule has 1 saturated heterocycles. The highest BCUT2D eigenvalue weighted by Gasteiger charge is 2.23. The molecular weight excluding hydrogens is 374 g/mol. The van der Waals surface area contributed by atoms with E-state index in [1.807, 2.05) is 41.2 Å². The summed E-state index contributed by atoms with van der Waals surface area (Å²) < 4.78 is 1.94. The minimum Gasteiger partial charge on any atom is -0.349 e. The number of hydrogen-bond acceptors (Lipinski definition) is 4. The lowest BCUT2D eigenvalue weighted by atomic mass is 10.0. The molecule has 0 aliphatic carbocycles. The number of rotatable bonds is 7. The van der Waals surface area contributed by atoms with Crippen molar-refractivity contribution in [1.29, 1.82) is 0 Å². The molecule has 3 heterocycles. The van der Waals surface area contributed by atoms with Gasteiger partial charge in [0.15, 0.2) is 0 Å². The third-order valence-corrected chi connectivity index (χ3v) is 5.74. The van der Waals surface area contributed by atoms with Gasteiger partial charge >= 0.3 is 0 Å². The number of pyridine rings is 1. The molecule has 3 aromatic rings. The van der Waals surface area contributed by atoms with Gasteiger partial charge in [0.05, 0.1) is 29.7 Å². The molecule has 156 valence electrons. The smallest absolute Gasteiger partial charge is 0.254 e. The minimum absolute atomic E-state index is 0.00524. The summed E-state index contributed by atoms with van der Waals surface area (Å²) in [6.07, 6.45) is 6.24. The third-order valence-electron chi connectivity index (χ3n) is 5.74. The lowest BCUT2D eigenvalue weighted by Gasteiger charge is -2.32. The zero-order valence-electron chi connectivity index (χ0n) is 17.5. The van der Waals surface area contributed by atoms with Gasteiger partial charge in [-0.25, -0.2) is 0 Å². The van der Waals surface area contributed by atoms with Crippen molar-refractivity contribution in [2.24, 2.45) is 0 Å². The molecule has 1 N–H and O–H groups in total. The number of piperidine rings is 1. The Labute approximate surface area is 177 Å². The van der Waals surface area contributed by atoms with Gasteiger partial charge in [-0.05, 0) is 37.0 Å². The fourth-order valence-corrected chi connectivity index (χ4v) is 4.09. The van der Waals surface area contributed by atoms with Gasteiger partial charge < -0.3 is 5.32 Å². The Hall–Kier alpha value is -2.99. The second-order valence-corrected chi connectivity index (χ2v) is 7.85. The number of hydrogen-bond donors (Lipinski definition) is 1. The predicted molar refractivity (Wildman–Crippen MR) is 117 cm³/mol. The summed E-state index contributed by atoms with van der Waals surface area (Å²) in [5.41, 5.74) is 3.97. The molecule has 1 amide bonds. The molecule has 0 unspecified atom stereocenters. The van der Waals surface area contributed by atoms with Gasteiger partial charge in [0.25, 0.3) is 5.91 Å². The fraction of sp³-hybridized carbons (Fsp3) is 0.375. The Morgan fingerprint density at radius 1 is 1.07 bits per heavy atom. The van der Waals surface area contributed by atoms with Gasteiger partial charge in [-0.1, -0.05) is 43.3 Å². The molecule has 0 spiro atoms. The van der Waals surface area contributed by atoms with Crippen LogP contribution >= 0.6 is 0 Å². The van der Waals surface area contributed by atoms with Crippen LogP contribution in [0.4, 0.5) is 0 Å². The van der Waals surface area contributed by atoms with Crippen LogP contribution in [0, 0.1) is 0 Å². The normalized spacial score (nSPS) is 15.2. The first kappa shape index (κ1) is 20.3. The van der Waals surface area contributed by atoms with Crippen LogP contribution in [0.2, 0.25) is 0 Å². The van der Waals surface area contributed by atoms with E-state index in [0.717, 1.165) is 50.3 Å². The number of carbonyl (C=O) groups is 1. The van der Waals surface area contributed by atoms with Crippen molar-refractivity contribution in [3.63, 3.8) is 0 Å². The highest BCUT2D eigenvalue weighted by atomic mass is 16.1. The summed E-state index contributed by atoms with van der Waals surface area (Å²) in [4.78, 5) is 19.8. The van der Waals surface area contributed by atoms with Crippen LogP contribution in [0.15, 0.2) is 60.9 Å². The van der Waals surface area contributed by atoms with Crippen molar-refractivity contribution in [3.05, 3.63) is 83.4 Å². The Kier molecular flexibility index (Phi) is 6.54. The van der Waals surface area contributed by atoms with E-state index in [9.17, 15) is 4.79 Å². The Morgan fingerprint density at radius 3 is 2.53 bits per heavy atom. The summed E-state index contributed by atoms with van der Waals surface area (Å²) in [7, 11) is 0. The maximum atomic E-state index is 12.9. The van der Waals surface area contributed by atoms with E-state index in [2.05, 4.69) is 45.4 Å². The van der Waals surface area contributed by atoms with Gasteiger partial charge in [-0.15, -0.1) is 0 Å². The van der Waals surface area contributed by atoms with Crippen molar-refractivity contribution < 1.29 is 4.79 Å². The molecule has 0 radical (unpaired) electrons. The number of nitrogens with zero attached hydrogens (tertiary/aromatic N) is 4. The highest BCUT2D eigenvalue weighted by Crippen LogP contribution is 2.16. The monoisotopic (exact) mass is 403 g/mol. The Bertz CT molecular complexity index is 946. The molecule has 1 aromatic carbocycles. The molecule has 0 atom stereocenters. The maximum absolute atomic E-state index is 12.9. The van der Waals surface area contributed by atoms with Crippen molar-refractivity contribution >= 4 is 5.91 Å². The summed E-state index contributed by atoms with van der Waals surface area (Å²) >= 11 is 0. The van der Waals surface area contributed by atoms with E-state index in [4.69, 9.17) is 0 Å². The lowest BCUT2D eigenvalue weighted by Crippen LogP contribution is -2.44. The SMILES string of the molecule is CCc1c(C(=O)NC2CCN(Cc3ccccn3)CC2)cnn1Cc1ccccc1. The first-order chi connectivity index (χ1) is 14.7. The number of likely N-dealkylation sites (tertiary alicyclic amines) is 1. The summed E-state index contributed by atoms with van der Waals surface area (Å²) in [5.74, 6) is -0.00524. The average Bonchev–Trinajstić information content (AvgIpc) is 3.19. The van der Waals surface area contributed by atoms with Crippen molar-refractivity contribution in [2.45, 2.75) is 45.3 Å². The largest absolute Gasteiger partial charge is 0.349 e. The molecule has 6 heteroatoms. The molecule has 1 aliphatic rings. The maximum Gasteiger partial charge on any atom is 0.254 e. The third kappa shape index (κ3) is 4.94. The van der Waals surface area contributed by atoms with Crippen LogP contribution in [0.25, 0.3) is 0 Å². The summed E-state index contributed by atoms with van der Waals surface area (Å²) in [6.45, 7) is 5.56. The molecule has 4 rings (SSSR count). The van der Waals surface area contributed by atoms with Crippen LogP contribution in [-0.4, -0.2) is 44.7 Å². The van der Waals surface area contributed by atoms with Gasteiger partial charge in [0.1, 0.15) is 0 Å². The van der Waals surface area contributed by atoms with Gasteiger partial charge in [0.2, 0.25) is 0 Å². The molecule has 1 aliphatic heterocycles. The minimum atomic E-state index is -0.00524. The zero-order chi connectivity index (χ0) is 20.8. The van der Waals surface area contributed by atoms with Crippen LogP contribution in [0.3, 0.4) is 0 Å². The van der Waals surface area contributed by atoms with Crippen molar-refractivity contribution in [2.75, 3.05) is 13.1 Å². The number of nitrogens with one attached hydrogen (secondary N) is 1. The lowest BCUT2D eigenvalue weighted by molar-refractivity contribution is 0.0907. The molecule has 6 nitrogen and oxygen atoms in total. The van der Waals surface area contributed by atoms with Crippen molar-refractivity contribution in [1.82, 2.24) is 25.0 Å². The Morgan fingerprint density at radius 2 is 1.83 bits per heavy atom. The molecule has 30 heavy (non-hydrogen) atoms. The van der Waals surface area contributed by atoms with Gasteiger partial charge in [-0.3, -0.25) is 19.4 Å². The number of aromatic nitrogens is 3. The fourth-order valence-electron chi connectivity index (χ4n) is 4.09. The molecule has 0 saturated carbocycles. The van der Waals surface area contributed by atoms with E-state index >= 15 is 0 Å². The topological polar surface area (TPSA) is 63.1 Å². The molecule has 2 aromatic heterocycles. The quantitative estimate of drug-likeness (QED) is 0.658. The number of carbonyl (C=O) groups excluding carboxylic acids is 1. The number of amides is 1. The number of benzene rings is 1. The Balaban J connectivity index is 1.33. The average molecular weight is 404 g/mol. The van der Waals surface area contributed by atoms with E-state index in [0.29, 0.717) is 12.1 Å². The summed E-state index contributed by atoms with van der Waals surface area (Å²) in [5, 5.41) is 7.73. The van der Waals surface area contributed by atoms with E-state index in [1.165, 1.54) is 5.56 Å². The van der Waals surface area contributed by atoms with E-state index < -0.39 is 0 Å². The van der Waals surface area contributed by atoms with Crippen LogP contribution in [0.5, 0.6) is 0 Å². The second-order valence-electron chi connectivity index (χ2n) is 7.85. The van der Waals surface area contributed by atoms with E-state index in [1.54, 1.807) is 6.20 Å². The van der Waals surface area contributed by atoms with Gasteiger partial charge in [-0.2, -0.15) is 5.10 Å². The van der Waals surface area contributed by atoms with Gasteiger partial charge in [0, 0.05) is 31.9 Å². The van der Waals surface area contributed by atoms with E-state index in [-0.39, 0.29) is 11.9 Å². The first-order valence-corrected chi connectivity index (χ1v) is 10.7. The van der Waals surface area contributed by atoms with Crippen LogP contribution < -0.4 is 5.32 Å². The van der Waals surface area contributed by atoms with Crippen LogP contribution in [-0.2, 0) is 19.5 Å². The molecule has 0 bridgehead atoms. The van der Waals surface area contributed by atoms with Crippen molar-refractivity contribution in [3.8, 4) is 0 Å². The highest BCUT2D eigenvalue weighted by molar-refractivity contribution is 5.95. The summed E-state index contributed by atoms with van der Waals surface area (Å²) in [6, 6.07) is 16.5. The standard InChI is InChI=1S/C24H29N5O/c1-2-23-22(16-26-29(23)17-19-8-4-3-5-9-19)24(30)27-20-11-14-28(15-12-20)18-21-10-6-7-13-25-21/h3-10,13,16,20H,2,11-12,14-15,17-18H2,1H3,(H,27,30). The molecule has 1 fully saturated rings.